The van der Waals surface area contributed by atoms with Crippen molar-refractivity contribution in [1.29, 1.82) is 0 Å². The number of rotatable bonds is 3. The van der Waals surface area contributed by atoms with Gasteiger partial charge in [0.25, 0.3) is 0 Å². The molecule has 2 aliphatic heterocycles. The molecule has 1 aromatic carbocycles. The van der Waals surface area contributed by atoms with Gasteiger partial charge in [-0.2, -0.15) is 13.2 Å². The van der Waals surface area contributed by atoms with Crippen LogP contribution in [-0.4, -0.2) is 33.4 Å². The number of benzene rings is 1. The molecule has 0 spiro atoms. The Morgan fingerprint density at radius 1 is 1.32 bits per heavy atom. The van der Waals surface area contributed by atoms with Crippen LogP contribution in [0, 0.1) is 5.41 Å². The van der Waals surface area contributed by atoms with Crippen molar-refractivity contribution in [1.82, 2.24) is 10.2 Å². The standard InChI is InChI=1S/C20H25F3N2O2S/c1-18(2,3)16(12-6-5-7-13(10-12)20(21,22)23)24-17(27)14-11-28-19(4)9-8-15(26)25(14)19/h5-7,10,14,16H,8-9,11H2,1-4H3,(H,24,27). The molecule has 8 heteroatoms. The highest BCUT2D eigenvalue weighted by atomic mass is 32.2. The summed E-state index contributed by atoms with van der Waals surface area (Å²) < 4.78 is 39.4. The third kappa shape index (κ3) is 3.88. The number of hydrogen-bond acceptors (Lipinski definition) is 3. The van der Waals surface area contributed by atoms with E-state index in [1.165, 1.54) is 6.07 Å². The zero-order chi connectivity index (χ0) is 20.9. The Kier molecular flexibility index (Phi) is 5.23. The number of amides is 2. The minimum atomic E-state index is -4.45. The van der Waals surface area contributed by atoms with Gasteiger partial charge in [0.15, 0.2) is 0 Å². The Morgan fingerprint density at radius 2 is 2.00 bits per heavy atom. The number of nitrogens with zero attached hydrogens (tertiary/aromatic N) is 1. The highest BCUT2D eigenvalue weighted by Crippen LogP contribution is 2.47. The van der Waals surface area contributed by atoms with Crippen molar-refractivity contribution in [3.8, 4) is 0 Å². The third-order valence-electron chi connectivity index (χ3n) is 5.45. The Balaban J connectivity index is 1.87. The van der Waals surface area contributed by atoms with Crippen LogP contribution in [-0.2, 0) is 15.8 Å². The molecule has 1 N–H and O–H groups in total. The first-order valence-corrected chi connectivity index (χ1v) is 10.3. The number of alkyl halides is 3. The fourth-order valence-corrected chi connectivity index (χ4v) is 5.38. The van der Waals surface area contributed by atoms with Crippen LogP contribution < -0.4 is 5.32 Å². The molecule has 0 radical (unpaired) electrons. The van der Waals surface area contributed by atoms with E-state index in [0.717, 1.165) is 12.1 Å². The lowest BCUT2D eigenvalue weighted by molar-refractivity contribution is -0.138. The first-order valence-electron chi connectivity index (χ1n) is 9.26. The molecule has 1 aromatic rings. The molecule has 2 heterocycles. The van der Waals surface area contributed by atoms with Crippen molar-refractivity contribution >= 4 is 23.6 Å². The summed E-state index contributed by atoms with van der Waals surface area (Å²) in [5.41, 5.74) is -0.853. The maximum absolute atomic E-state index is 13.1. The van der Waals surface area contributed by atoms with Gasteiger partial charge in [-0.1, -0.05) is 32.9 Å². The predicted octanol–water partition coefficient (Wildman–Crippen LogP) is 4.36. The van der Waals surface area contributed by atoms with Crippen LogP contribution in [0.2, 0.25) is 0 Å². The summed E-state index contributed by atoms with van der Waals surface area (Å²) in [5, 5.41) is 2.93. The Bertz CT molecular complexity index is 790. The average Bonchev–Trinajstić information content (AvgIpc) is 3.07. The molecule has 0 aromatic heterocycles. The molecule has 0 saturated carbocycles. The number of fused-ring (bicyclic) bond motifs is 1. The lowest BCUT2D eigenvalue weighted by Gasteiger charge is -2.35. The summed E-state index contributed by atoms with van der Waals surface area (Å²) in [6, 6.07) is 3.85. The smallest absolute Gasteiger partial charge is 0.347 e. The summed E-state index contributed by atoms with van der Waals surface area (Å²) in [6.07, 6.45) is -3.32. The molecule has 3 rings (SSSR count). The Morgan fingerprint density at radius 3 is 2.61 bits per heavy atom. The second-order valence-corrected chi connectivity index (χ2v) is 10.2. The van der Waals surface area contributed by atoms with Crippen LogP contribution >= 0.6 is 11.8 Å². The fraction of sp³-hybridized carbons (Fsp3) is 0.600. The molecule has 3 atom stereocenters. The summed E-state index contributed by atoms with van der Waals surface area (Å²) in [4.78, 5) is 26.6. The third-order valence-corrected chi connectivity index (χ3v) is 6.95. The van der Waals surface area contributed by atoms with Gasteiger partial charge in [0.05, 0.1) is 16.5 Å². The largest absolute Gasteiger partial charge is 0.416 e. The highest BCUT2D eigenvalue weighted by molar-refractivity contribution is 8.01. The Hall–Kier alpha value is -1.70. The molecular weight excluding hydrogens is 389 g/mol. The van der Waals surface area contributed by atoms with Crippen molar-refractivity contribution in [2.45, 2.75) is 63.7 Å². The minimum Gasteiger partial charge on any atom is -0.347 e. The molecule has 2 saturated heterocycles. The first kappa shape index (κ1) is 21.0. The van der Waals surface area contributed by atoms with Gasteiger partial charge in [0.1, 0.15) is 6.04 Å². The monoisotopic (exact) mass is 414 g/mol. The van der Waals surface area contributed by atoms with E-state index in [4.69, 9.17) is 0 Å². The van der Waals surface area contributed by atoms with E-state index >= 15 is 0 Å². The SMILES string of the molecule is CC(C)(C)C(NC(=O)C1CSC2(C)CCC(=O)N12)c1cccc(C(F)(F)F)c1. The second kappa shape index (κ2) is 6.97. The van der Waals surface area contributed by atoms with Gasteiger partial charge < -0.3 is 10.2 Å². The number of carbonyl (C=O) groups excluding carboxylic acids is 2. The normalized spacial score (nSPS) is 26.3. The average molecular weight is 414 g/mol. The van der Waals surface area contributed by atoms with Crippen LogP contribution in [0.15, 0.2) is 24.3 Å². The topological polar surface area (TPSA) is 49.4 Å². The summed E-state index contributed by atoms with van der Waals surface area (Å²) in [7, 11) is 0. The quantitative estimate of drug-likeness (QED) is 0.799. The van der Waals surface area contributed by atoms with Crippen LogP contribution in [0.1, 0.15) is 57.7 Å². The second-order valence-electron chi connectivity index (χ2n) is 8.70. The molecule has 3 unspecified atom stereocenters. The van der Waals surface area contributed by atoms with Gasteiger partial charge in [-0.3, -0.25) is 9.59 Å². The number of halogens is 3. The Labute approximate surface area is 167 Å². The van der Waals surface area contributed by atoms with Crippen LogP contribution in [0.4, 0.5) is 13.2 Å². The van der Waals surface area contributed by atoms with E-state index < -0.39 is 29.2 Å². The molecule has 2 amide bonds. The van der Waals surface area contributed by atoms with Gasteiger partial charge in [-0.25, -0.2) is 0 Å². The van der Waals surface area contributed by atoms with E-state index in [0.29, 0.717) is 24.2 Å². The van der Waals surface area contributed by atoms with Gasteiger partial charge in [-0.15, -0.1) is 11.8 Å². The number of carbonyl (C=O) groups is 2. The zero-order valence-electron chi connectivity index (χ0n) is 16.4. The molecule has 4 nitrogen and oxygen atoms in total. The molecule has 0 bridgehead atoms. The molecule has 2 fully saturated rings. The lowest BCUT2D eigenvalue weighted by atomic mass is 9.81. The first-order chi connectivity index (χ1) is 12.8. The molecular formula is C20H25F3N2O2S. The maximum atomic E-state index is 13.1. The van der Waals surface area contributed by atoms with E-state index in [-0.39, 0.29) is 16.7 Å². The number of hydrogen-bond donors (Lipinski definition) is 1. The number of nitrogens with one attached hydrogen (secondary N) is 1. The molecule has 2 aliphatic rings. The van der Waals surface area contributed by atoms with Crippen LogP contribution in [0.5, 0.6) is 0 Å². The van der Waals surface area contributed by atoms with E-state index in [9.17, 15) is 22.8 Å². The van der Waals surface area contributed by atoms with Gasteiger partial charge in [0, 0.05) is 12.2 Å². The van der Waals surface area contributed by atoms with Crippen molar-refractivity contribution in [3.63, 3.8) is 0 Å². The van der Waals surface area contributed by atoms with E-state index in [2.05, 4.69) is 5.32 Å². The van der Waals surface area contributed by atoms with E-state index in [1.54, 1.807) is 22.7 Å². The summed E-state index contributed by atoms with van der Waals surface area (Å²) >= 11 is 1.59. The zero-order valence-corrected chi connectivity index (χ0v) is 17.2. The summed E-state index contributed by atoms with van der Waals surface area (Å²) in [6.45, 7) is 7.57. The molecule has 0 aliphatic carbocycles. The predicted molar refractivity (Wildman–Crippen MR) is 103 cm³/mol. The minimum absolute atomic E-state index is 0.0426. The van der Waals surface area contributed by atoms with Gasteiger partial charge >= 0.3 is 6.18 Å². The molecule has 154 valence electrons. The lowest BCUT2D eigenvalue weighted by Crippen LogP contribution is -2.52. The van der Waals surface area contributed by atoms with E-state index in [1.807, 2.05) is 27.7 Å². The van der Waals surface area contributed by atoms with Crippen molar-refractivity contribution in [2.24, 2.45) is 5.41 Å². The van der Waals surface area contributed by atoms with Gasteiger partial charge in [-0.05, 0) is 36.5 Å². The van der Waals surface area contributed by atoms with Crippen molar-refractivity contribution in [3.05, 3.63) is 35.4 Å². The van der Waals surface area contributed by atoms with Crippen molar-refractivity contribution in [2.75, 3.05) is 5.75 Å². The maximum Gasteiger partial charge on any atom is 0.416 e. The van der Waals surface area contributed by atoms with Crippen LogP contribution in [0.3, 0.4) is 0 Å². The molecule has 28 heavy (non-hydrogen) atoms. The number of thioether (sulfide) groups is 1. The van der Waals surface area contributed by atoms with Crippen molar-refractivity contribution < 1.29 is 22.8 Å². The van der Waals surface area contributed by atoms with Gasteiger partial charge in [0.2, 0.25) is 11.8 Å². The highest BCUT2D eigenvalue weighted by Gasteiger charge is 2.53. The fourth-order valence-electron chi connectivity index (χ4n) is 3.95. The van der Waals surface area contributed by atoms with Crippen LogP contribution in [0.25, 0.3) is 0 Å². The summed E-state index contributed by atoms with van der Waals surface area (Å²) in [5.74, 6) is 0.135.